The maximum atomic E-state index is 11.2. The average molecular weight is 351 g/mol. The third-order valence-electron chi connectivity index (χ3n) is 6.25. The van der Waals surface area contributed by atoms with Gasteiger partial charge in [-0.05, 0) is 74.6 Å². The first-order valence-corrected chi connectivity index (χ1v) is 9.64. The molecule has 0 spiro atoms. The molecule has 0 aliphatic heterocycles. The molecule has 2 heteroatoms. The lowest BCUT2D eigenvalue weighted by Gasteiger charge is -2.43. The topological polar surface area (TPSA) is 40.5 Å². The zero-order valence-electron chi connectivity index (χ0n) is 15.9. The highest BCUT2D eigenvalue weighted by Crippen LogP contribution is 2.43. The predicted octanol–water partition coefficient (Wildman–Crippen LogP) is 4.84. The van der Waals surface area contributed by atoms with Crippen LogP contribution in [0.2, 0.25) is 0 Å². The number of benzene rings is 2. The van der Waals surface area contributed by atoms with E-state index in [1.54, 1.807) is 0 Å². The molecule has 0 aromatic heterocycles. The van der Waals surface area contributed by atoms with Crippen LogP contribution >= 0.6 is 0 Å². The van der Waals surface area contributed by atoms with Gasteiger partial charge in [-0.1, -0.05) is 60.7 Å². The average Bonchev–Trinajstić information content (AvgIpc) is 2.69. The van der Waals surface area contributed by atoms with E-state index in [4.69, 9.17) is 0 Å². The smallest absolute Gasteiger partial charge is 0.0862 e. The molecule has 2 unspecified atom stereocenters. The second-order valence-corrected chi connectivity index (χ2v) is 7.78. The fourth-order valence-corrected chi connectivity index (χ4v) is 4.10. The second-order valence-electron chi connectivity index (χ2n) is 7.78. The second kappa shape index (κ2) is 7.77. The lowest BCUT2D eigenvalue weighted by Crippen LogP contribution is -2.44. The molecule has 1 aliphatic carbocycles. The van der Waals surface area contributed by atoms with Gasteiger partial charge in [0, 0.05) is 0 Å². The predicted molar refractivity (Wildman–Crippen MR) is 107 cm³/mol. The van der Waals surface area contributed by atoms with E-state index in [9.17, 15) is 10.2 Å². The molecule has 1 aliphatic rings. The van der Waals surface area contributed by atoms with E-state index in [1.807, 2.05) is 50.2 Å². The molecule has 2 N–H and O–H groups in total. The van der Waals surface area contributed by atoms with Crippen LogP contribution in [0, 0.1) is 0 Å². The Morgan fingerprint density at radius 1 is 0.654 bits per heavy atom. The molecule has 0 bridgehead atoms. The first-order valence-electron chi connectivity index (χ1n) is 9.64. The summed E-state index contributed by atoms with van der Waals surface area (Å²) in [4.78, 5) is 0. The number of aliphatic hydroxyl groups is 2. The van der Waals surface area contributed by atoms with Crippen molar-refractivity contribution < 1.29 is 10.2 Å². The van der Waals surface area contributed by atoms with Crippen LogP contribution in [0.15, 0.2) is 71.8 Å². The SMILES string of the molecule is CC1=C(C)C(O)(CCc2ccccc2)CCC1(O)CCc1ccccc1. The van der Waals surface area contributed by atoms with Crippen LogP contribution in [0.25, 0.3) is 0 Å². The Kier molecular flexibility index (Phi) is 5.64. The summed E-state index contributed by atoms with van der Waals surface area (Å²) in [6, 6.07) is 20.6. The van der Waals surface area contributed by atoms with Gasteiger partial charge in [0.15, 0.2) is 0 Å². The van der Waals surface area contributed by atoms with Crippen LogP contribution in [0.5, 0.6) is 0 Å². The van der Waals surface area contributed by atoms with Crippen molar-refractivity contribution >= 4 is 0 Å². The van der Waals surface area contributed by atoms with Gasteiger partial charge >= 0.3 is 0 Å². The standard InChI is InChI=1S/C24H30O2/c1-19-20(2)24(26,16-14-22-11-7-4-8-12-22)18-17-23(19,25)15-13-21-9-5-3-6-10-21/h3-12,25-26H,13-18H2,1-2H3. The van der Waals surface area contributed by atoms with Crippen molar-refractivity contribution in [3.63, 3.8) is 0 Å². The lowest BCUT2D eigenvalue weighted by atomic mass is 9.69. The molecule has 2 aromatic carbocycles. The summed E-state index contributed by atoms with van der Waals surface area (Å²) in [6.45, 7) is 3.99. The van der Waals surface area contributed by atoms with Crippen molar-refractivity contribution in [1.82, 2.24) is 0 Å². The molecule has 0 fully saturated rings. The number of rotatable bonds is 6. The summed E-state index contributed by atoms with van der Waals surface area (Å²) in [6.07, 6.45) is 4.35. The zero-order chi connectivity index (χ0) is 18.6. The summed E-state index contributed by atoms with van der Waals surface area (Å²) in [5, 5.41) is 22.4. The van der Waals surface area contributed by atoms with Crippen LogP contribution in [0.4, 0.5) is 0 Å². The van der Waals surface area contributed by atoms with Gasteiger partial charge in [-0.2, -0.15) is 0 Å². The van der Waals surface area contributed by atoms with Crippen molar-refractivity contribution in [2.45, 2.75) is 63.6 Å². The monoisotopic (exact) mass is 350 g/mol. The van der Waals surface area contributed by atoms with Crippen LogP contribution in [0.3, 0.4) is 0 Å². The molecule has 2 nitrogen and oxygen atoms in total. The van der Waals surface area contributed by atoms with E-state index in [0.29, 0.717) is 25.7 Å². The third kappa shape index (κ3) is 4.08. The molecular formula is C24H30O2. The van der Waals surface area contributed by atoms with Crippen LogP contribution < -0.4 is 0 Å². The zero-order valence-corrected chi connectivity index (χ0v) is 15.9. The van der Waals surface area contributed by atoms with E-state index in [-0.39, 0.29) is 0 Å². The molecule has 2 aromatic rings. The van der Waals surface area contributed by atoms with Crippen molar-refractivity contribution in [1.29, 1.82) is 0 Å². The highest BCUT2D eigenvalue weighted by atomic mass is 16.3. The lowest BCUT2D eigenvalue weighted by molar-refractivity contribution is -0.0150. The van der Waals surface area contributed by atoms with E-state index < -0.39 is 11.2 Å². The molecular weight excluding hydrogens is 320 g/mol. The number of hydrogen-bond donors (Lipinski definition) is 2. The Bertz CT molecular complexity index is 685. The minimum atomic E-state index is -0.807. The minimum Gasteiger partial charge on any atom is -0.386 e. The van der Waals surface area contributed by atoms with Crippen molar-refractivity contribution in [3.05, 3.63) is 82.9 Å². The van der Waals surface area contributed by atoms with Gasteiger partial charge < -0.3 is 10.2 Å². The third-order valence-corrected chi connectivity index (χ3v) is 6.25. The minimum absolute atomic E-state index is 0.619. The van der Waals surface area contributed by atoms with Crippen LogP contribution in [-0.2, 0) is 12.8 Å². The molecule has 0 heterocycles. The van der Waals surface area contributed by atoms with Gasteiger partial charge in [-0.3, -0.25) is 0 Å². The Labute approximate surface area is 157 Å². The van der Waals surface area contributed by atoms with Crippen molar-refractivity contribution in [3.8, 4) is 0 Å². The summed E-state index contributed by atoms with van der Waals surface area (Å²) >= 11 is 0. The highest BCUT2D eigenvalue weighted by Gasteiger charge is 2.42. The van der Waals surface area contributed by atoms with Crippen molar-refractivity contribution in [2.75, 3.05) is 0 Å². The van der Waals surface area contributed by atoms with E-state index in [0.717, 1.165) is 24.0 Å². The van der Waals surface area contributed by atoms with E-state index >= 15 is 0 Å². The molecule has 0 saturated carbocycles. The molecule has 0 amide bonds. The first-order chi connectivity index (χ1) is 12.4. The van der Waals surface area contributed by atoms with Gasteiger partial charge in [-0.15, -0.1) is 0 Å². The fourth-order valence-electron chi connectivity index (χ4n) is 4.10. The van der Waals surface area contributed by atoms with Gasteiger partial charge in [0.05, 0.1) is 11.2 Å². The Hall–Kier alpha value is -1.90. The fraction of sp³-hybridized carbons (Fsp3) is 0.417. The maximum Gasteiger partial charge on any atom is 0.0862 e. The Morgan fingerprint density at radius 2 is 1.00 bits per heavy atom. The molecule has 0 radical (unpaired) electrons. The Morgan fingerprint density at radius 3 is 1.35 bits per heavy atom. The quantitative estimate of drug-likeness (QED) is 0.732. The van der Waals surface area contributed by atoms with Crippen molar-refractivity contribution in [2.24, 2.45) is 0 Å². The van der Waals surface area contributed by atoms with Crippen LogP contribution in [-0.4, -0.2) is 21.4 Å². The summed E-state index contributed by atoms with van der Waals surface area (Å²) in [5.41, 5.74) is 2.79. The van der Waals surface area contributed by atoms with Crippen LogP contribution in [0.1, 0.15) is 50.7 Å². The van der Waals surface area contributed by atoms with Gasteiger partial charge in [0.1, 0.15) is 0 Å². The summed E-state index contributed by atoms with van der Waals surface area (Å²) in [5.74, 6) is 0. The van der Waals surface area contributed by atoms with E-state index in [1.165, 1.54) is 11.1 Å². The molecule has 26 heavy (non-hydrogen) atoms. The van der Waals surface area contributed by atoms with Gasteiger partial charge in [-0.25, -0.2) is 0 Å². The Balaban J connectivity index is 1.70. The molecule has 138 valence electrons. The highest BCUT2D eigenvalue weighted by molar-refractivity contribution is 5.32. The largest absolute Gasteiger partial charge is 0.386 e. The van der Waals surface area contributed by atoms with Gasteiger partial charge in [0.25, 0.3) is 0 Å². The maximum absolute atomic E-state index is 11.2. The molecule has 3 rings (SSSR count). The normalized spacial score (nSPS) is 26.2. The molecule has 0 saturated heterocycles. The summed E-state index contributed by atoms with van der Waals surface area (Å²) in [7, 11) is 0. The first kappa shape index (κ1) is 18.9. The summed E-state index contributed by atoms with van der Waals surface area (Å²) < 4.78 is 0. The van der Waals surface area contributed by atoms with Gasteiger partial charge in [0.2, 0.25) is 0 Å². The van der Waals surface area contributed by atoms with E-state index in [2.05, 4.69) is 24.3 Å². The molecule has 2 atom stereocenters. The number of hydrogen-bond acceptors (Lipinski definition) is 2. The number of aryl methyl sites for hydroxylation is 2.